The van der Waals surface area contributed by atoms with Gasteiger partial charge in [0.05, 0.1) is 12.7 Å². The molecule has 1 aliphatic rings. The molecule has 2 aromatic carbocycles. The maximum absolute atomic E-state index is 13.6. The second kappa shape index (κ2) is 9.08. The van der Waals surface area contributed by atoms with Crippen LogP contribution in [0.4, 0.5) is 24.7 Å². The number of ether oxygens (including phenoxy) is 2. The maximum atomic E-state index is 13.6. The third kappa shape index (κ3) is 4.82. The Morgan fingerprint density at radius 1 is 1.21 bits per heavy atom. The van der Waals surface area contributed by atoms with Crippen LogP contribution < -0.4 is 20.1 Å². The molecule has 178 valence electrons. The third-order valence-electron chi connectivity index (χ3n) is 5.40. The first-order valence-corrected chi connectivity index (χ1v) is 10.3. The van der Waals surface area contributed by atoms with Crippen LogP contribution in [0, 0.1) is 0 Å². The van der Waals surface area contributed by atoms with Crippen molar-refractivity contribution in [2.75, 3.05) is 17.7 Å². The van der Waals surface area contributed by atoms with E-state index in [1.807, 2.05) is 0 Å². The molecule has 1 aliphatic heterocycles. The van der Waals surface area contributed by atoms with Gasteiger partial charge in [0.15, 0.2) is 17.3 Å². The molecule has 4 rings (SSSR count). The first kappa shape index (κ1) is 23.1. The molecule has 1 unspecified atom stereocenters. The SMILES string of the molecule is COc1cc(C2CC(=O)Nc3n[nH]cc32)ccc1OCc1ccc(NC(C)=O)cc1C(F)(F)F. The molecule has 34 heavy (non-hydrogen) atoms. The van der Waals surface area contributed by atoms with Crippen LogP contribution in [0.5, 0.6) is 11.5 Å². The van der Waals surface area contributed by atoms with Crippen LogP contribution in [0.3, 0.4) is 0 Å². The van der Waals surface area contributed by atoms with Crippen molar-refractivity contribution in [3.8, 4) is 11.5 Å². The van der Waals surface area contributed by atoms with Crippen molar-refractivity contribution < 1.29 is 32.2 Å². The summed E-state index contributed by atoms with van der Waals surface area (Å²) < 4.78 is 51.8. The van der Waals surface area contributed by atoms with Gasteiger partial charge in [-0.15, -0.1) is 0 Å². The Kier molecular flexibility index (Phi) is 6.18. The standard InChI is InChI=1S/C23H21F3N4O4/c1-12(31)28-15-5-3-14(18(8-15)23(24,25)26)11-34-19-6-4-13(7-20(19)33-2)16-9-21(32)29-22-17(16)10-27-30-22/h3-8,10,16H,9,11H2,1-2H3,(H,28,31)(H2,27,29,30,32). The van der Waals surface area contributed by atoms with Gasteiger partial charge >= 0.3 is 6.18 Å². The Labute approximate surface area is 192 Å². The molecule has 3 N–H and O–H groups in total. The van der Waals surface area contributed by atoms with Crippen LogP contribution >= 0.6 is 0 Å². The van der Waals surface area contributed by atoms with Gasteiger partial charge in [-0.3, -0.25) is 14.7 Å². The van der Waals surface area contributed by atoms with Crippen LogP contribution in [0.2, 0.25) is 0 Å². The molecule has 0 aliphatic carbocycles. The molecule has 0 fully saturated rings. The van der Waals surface area contributed by atoms with E-state index >= 15 is 0 Å². The number of halogens is 3. The quantitative estimate of drug-likeness (QED) is 0.490. The van der Waals surface area contributed by atoms with Gasteiger partial charge in [0, 0.05) is 42.3 Å². The second-order valence-electron chi connectivity index (χ2n) is 7.74. The van der Waals surface area contributed by atoms with Crippen LogP contribution in [-0.4, -0.2) is 29.1 Å². The average molecular weight is 474 g/mol. The number of H-pyrrole nitrogens is 1. The zero-order valence-electron chi connectivity index (χ0n) is 18.2. The summed E-state index contributed by atoms with van der Waals surface area (Å²) in [7, 11) is 1.42. The number of benzene rings is 2. The first-order chi connectivity index (χ1) is 16.2. The zero-order valence-corrected chi connectivity index (χ0v) is 18.2. The van der Waals surface area contributed by atoms with Crippen molar-refractivity contribution in [1.82, 2.24) is 10.2 Å². The summed E-state index contributed by atoms with van der Waals surface area (Å²) in [5.41, 5.74) is 0.636. The lowest BCUT2D eigenvalue weighted by atomic mass is 9.87. The van der Waals surface area contributed by atoms with Gasteiger partial charge in [-0.1, -0.05) is 12.1 Å². The van der Waals surface area contributed by atoms with Crippen LogP contribution in [-0.2, 0) is 22.4 Å². The molecule has 0 radical (unpaired) electrons. The Bertz CT molecular complexity index is 1240. The summed E-state index contributed by atoms with van der Waals surface area (Å²) in [6, 6.07) is 8.54. The fourth-order valence-electron chi connectivity index (χ4n) is 3.86. The number of nitrogens with one attached hydrogen (secondary N) is 3. The molecule has 0 saturated carbocycles. The Morgan fingerprint density at radius 3 is 2.71 bits per heavy atom. The van der Waals surface area contributed by atoms with Crippen LogP contribution in [0.25, 0.3) is 0 Å². The van der Waals surface area contributed by atoms with E-state index < -0.39 is 17.6 Å². The molecule has 11 heteroatoms. The largest absolute Gasteiger partial charge is 0.493 e. The zero-order chi connectivity index (χ0) is 24.5. The van der Waals surface area contributed by atoms with Crippen molar-refractivity contribution in [2.24, 2.45) is 0 Å². The van der Waals surface area contributed by atoms with Crippen molar-refractivity contribution in [3.63, 3.8) is 0 Å². The van der Waals surface area contributed by atoms with E-state index in [1.54, 1.807) is 24.4 Å². The molecular weight excluding hydrogens is 453 g/mol. The highest BCUT2D eigenvalue weighted by molar-refractivity contribution is 5.94. The van der Waals surface area contributed by atoms with Gasteiger partial charge < -0.3 is 20.1 Å². The molecule has 0 spiro atoms. The fraction of sp³-hybridized carbons (Fsp3) is 0.261. The van der Waals surface area contributed by atoms with E-state index in [0.29, 0.717) is 11.6 Å². The van der Waals surface area contributed by atoms with E-state index in [4.69, 9.17) is 9.47 Å². The van der Waals surface area contributed by atoms with Gasteiger partial charge in [0.25, 0.3) is 0 Å². The lowest BCUT2D eigenvalue weighted by Gasteiger charge is -2.23. The number of aromatic nitrogens is 2. The molecule has 2 heterocycles. The Morgan fingerprint density at radius 2 is 2.00 bits per heavy atom. The number of rotatable bonds is 6. The van der Waals surface area contributed by atoms with E-state index in [2.05, 4.69) is 20.8 Å². The van der Waals surface area contributed by atoms with E-state index in [1.165, 1.54) is 26.2 Å². The highest BCUT2D eigenvalue weighted by Gasteiger charge is 2.34. The van der Waals surface area contributed by atoms with Crippen LogP contribution in [0.1, 0.15) is 41.5 Å². The highest BCUT2D eigenvalue weighted by Crippen LogP contribution is 2.40. The third-order valence-corrected chi connectivity index (χ3v) is 5.40. The van der Waals surface area contributed by atoms with Crippen molar-refractivity contribution in [2.45, 2.75) is 32.0 Å². The molecule has 1 atom stereocenters. The number of anilines is 2. The molecule has 0 bridgehead atoms. The van der Waals surface area contributed by atoms with Crippen molar-refractivity contribution in [1.29, 1.82) is 0 Å². The van der Waals surface area contributed by atoms with E-state index in [-0.39, 0.29) is 41.9 Å². The second-order valence-corrected chi connectivity index (χ2v) is 7.74. The van der Waals surface area contributed by atoms with E-state index in [9.17, 15) is 22.8 Å². The van der Waals surface area contributed by atoms with Gasteiger partial charge in [-0.2, -0.15) is 18.3 Å². The lowest BCUT2D eigenvalue weighted by molar-refractivity contribution is -0.138. The molecule has 8 nitrogen and oxygen atoms in total. The maximum Gasteiger partial charge on any atom is 0.416 e. The summed E-state index contributed by atoms with van der Waals surface area (Å²) in [5.74, 6) is 0.118. The van der Waals surface area contributed by atoms with Crippen molar-refractivity contribution >= 4 is 23.3 Å². The van der Waals surface area contributed by atoms with E-state index in [0.717, 1.165) is 17.2 Å². The summed E-state index contributed by atoms with van der Waals surface area (Å²) in [6.45, 7) is 0.843. The minimum Gasteiger partial charge on any atom is -0.493 e. The molecule has 2 amide bonds. The first-order valence-electron chi connectivity index (χ1n) is 10.3. The number of hydrogen-bond donors (Lipinski definition) is 3. The van der Waals surface area contributed by atoms with Crippen LogP contribution in [0.15, 0.2) is 42.6 Å². The normalized spacial score (nSPS) is 15.3. The molecule has 0 saturated heterocycles. The van der Waals surface area contributed by atoms with Crippen molar-refractivity contribution in [3.05, 3.63) is 64.8 Å². The minimum atomic E-state index is -4.63. The lowest BCUT2D eigenvalue weighted by Crippen LogP contribution is -2.23. The highest BCUT2D eigenvalue weighted by atomic mass is 19.4. The number of carbonyl (C=O) groups excluding carboxylic acids is 2. The number of alkyl halides is 3. The number of hydrogen-bond acceptors (Lipinski definition) is 5. The summed E-state index contributed by atoms with van der Waals surface area (Å²) in [6.07, 6.45) is -2.71. The smallest absolute Gasteiger partial charge is 0.416 e. The Hall–Kier alpha value is -4.02. The number of nitrogens with zero attached hydrogens (tertiary/aromatic N) is 1. The number of carbonyl (C=O) groups is 2. The van der Waals surface area contributed by atoms with Gasteiger partial charge in [-0.25, -0.2) is 0 Å². The predicted octanol–water partition coefficient (Wildman–Crippen LogP) is 4.45. The topological polar surface area (TPSA) is 105 Å². The summed E-state index contributed by atoms with van der Waals surface area (Å²) in [5, 5.41) is 11.8. The number of fused-ring (bicyclic) bond motifs is 1. The molecule has 1 aromatic heterocycles. The number of amides is 2. The van der Waals surface area contributed by atoms with Gasteiger partial charge in [0.1, 0.15) is 6.61 Å². The predicted molar refractivity (Wildman–Crippen MR) is 117 cm³/mol. The monoisotopic (exact) mass is 474 g/mol. The summed E-state index contributed by atoms with van der Waals surface area (Å²) >= 11 is 0. The fourth-order valence-corrected chi connectivity index (χ4v) is 3.86. The van der Waals surface area contributed by atoms with Gasteiger partial charge in [0.2, 0.25) is 11.8 Å². The molecular formula is C23H21F3N4O4. The Balaban J connectivity index is 1.58. The van der Waals surface area contributed by atoms with Gasteiger partial charge in [-0.05, 0) is 29.8 Å². The molecule has 3 aromatic rings. The minimum absolute atomic E-state index is 0.0423. The average Bonchev–Trinajstić information content (AvgIpc) is 3.25. The number of aromatic amines is 1. The summed E-state index contributed by atoms with van der Waals surface area (Å²) in [4.78, 5) is 23.2. The number of methoxy groups -OCH3 is 1.